The number of rotatable bonds is 4. The molecule has 0 saturated heterocycles. The van der Waals surface area contributed by atoms with E-state index >= 15 is 0 Å². The van der Waals surface area contributed by atoms with Crippen LogP contribution >= 0.6 is 11.6 Å². The number of halogens is 1. The molecule has 0 bridgehead atoms. The Morgan fingerprint density at radius 2 is 2.11 bits per heavy atom. The fraction of sp³-hybridized carbons (Fsp3) is 0.333. The van der Waals surface area contributed by atoms with Gasteiger partial charge < -0.3 is 0 Å². The lowest BCUT2D eigenvalue weighted by molar-refractivity contribution is -0.132. The molecule has 0 N–H and O–H groups in total. The molecule has 50 valence electrons. The van der Waals surface area contributed by atoms with Crippen LogP contribution in [0.1, 0.15) is 12.8 Å². The molecule has 9 heavy (non-hydrogen) atoms. The molecule has 0 rings (SSSR count). The summed E-state index contributed by atoms with van der Waals surface area (Å²) in [6.45, 7) is 3.39. The lowest BCUT2D eigenvalue weighted by atomic mass is 10.2. The quantitative estimate of drug-likeness (QED) is 0.340. The summed E-state index contributed by atoms with van der Waals surface area (Å²) in [5.74, 6) is -0.545. The summed E-state index contributed by atoms with van der Waals surface area (Å²) in [6, 6.07) is 0. The second-order valence-electron chi connectivity index (χ2n) is 1.52. The average molecular weight is 147 g/mol. The molecule has 0 unspecified atom stereocenters. The summed E-state index contributed by atoms with van der Waals surface area (Å²) in [6.07, 6.45) is 2.25. The van der Waals surface area contributed by atoms with Gasteiger partial charge >= 0.3 is 0 Å². The predicted molar refractivity (Wildman–Crippen MR) is 35.3 cm³/mol. The third-order valence-corrected chi connectivity index (χ3v) is 1.01. The minimum absolute atomic E-state index is 0.172. The van der Waals surface area contributed by atoms with E-state index in [0.29, 0.717) is 6.42 Å². The van der Waals surface area contributed by atoms with Crippen LogP contribution in [0.2, 0.25) is 0 Å². The van der Waals surface area contributed by atoms with Gasteiger partial charge in [-0.05, 0) is 18.0 Å². The Morgan fingerprint density at radius 1 is 1.56 bits per heavy atom. The van der Waals surface area contributed by atoms with E-state index in [9.17, 15) is 9.59 Å². The minimum atomic E-state index is -0.892. The van der Waals surface area contributed by atoms with Crippen LogP contribution in [0.15, 0.2) is 12.7 Å². The van der Waals surface area contributed by atoms with Crippen molar-refractivity contribution < 1.29 is 9.59 Å². The first-order valence-electron chi connectivity index (χ1n) is 2.52. The average Bonchev–Trinajstić information content (AvgIpc) is 1.82. The molecule has 0 aliphatic heterocycles. The van der Waals surface area contributed by atoms with Gasteiger partial charge in [0.2, 0.25) is 5.78 Å². The maximum Gasteiger partial charge on any atom is 0.288 e. The first-order chi connectivity index (χ1) is 4.18. The smallest absolute Gasteiger partial charge is 0.288 e. The first kappa shape index (κ1) is 8.37. The van der Waals surface area contributed by atoms with E-state index in [1.165, 1.54) is 0 Å². The molecule has 0 fully saturated rings. The highest BCUT2D eigenvalue weighted by molar-refractivity contribution is 6.81. The summed E-state index contributed by atoms with van der Waals surface area (Å²) in [5.41, 5.74) is 0. The van der Waals surface area contributed by atoms with Gasteiger partial charge in [0, 0.05) is 6.42 Å². The molecule has 0 aliphatic carbocycles. The van der Waals surface area contributed by atoms with Crippen LogP contribution in [0.3, 0.4) is 0 Å². The van der Waals surface area contributed by atoms with E-state index in [1.54, 1.807) is 6.08 Å². The Labute approximate surface area is 58.5 Å². The van der Waals surface area contributed by atoms with Gasteiger partial charge in [0.25, 0.3) is 5.24 Å². The second kappa shape index (κ2) is 4.27. The van der Waals surface area contributed by atoms with E-state index in [2.05, 4.69) is 6.58 Å². The van der Waals surface area contributed by atoms with Crippen molar-refractivity contribution in [2.75, 3.05) is 0 Å². The summed E-state index contributed by atoms with van der Waals surface area (Å²) >= 11 is 4.84. The molecule has 0 atom stereocenters. The summed E-state index contributed by atoms with van der Waals surface area (Å²) in [7, 11) is 0. The highest BCUT2D eigenvalue weighted by atomic mass is 35.5. The molecule has 0 saturated carbocycles. The zero-order valence-electron chi connectivity index (χ0n) is 4.89. The molecule has 0 aliphatic rings. The van der Waals surface area contributed by atoms with Gasteiger partial charge in [0.1, 0.15) is 0 Å². The maximum absolute atomic E-state index is 10.4. The van der Waals surface area contributed by atoms with Gasteiger partial charge in [-0.15, -0.1) is 6.58 Å². The highest BCUT2D eigenvalue weighted by Crippen LogP contribution is 1.94. The zero-order chi connectivity index (χ0) is 7.28. The summed E-state index contributed by atoms with van der Waals surface area (Å²) in [4.78, 5) is 20.4. The monoisotopic (exact) mass is 146 g/mol. The van der Waals surface area contributed by atoms with Crippen LogP contribution in [0.5, 0.6) is 0 Å². The summed E-state index contributed by atoms with van der Waals surface area (Å²) < 4.78 is 0. The Balaban J connectivity index is 3.51. The Kier molecular flexibility index (Phi) is 3.97. The Hall–Kier alpha value is -0.630. The summed E-state index contributed by atoms with van der Waals surface area (Å²) in [5, 5.41) is -0.892. The maximum atomic E-state index is 10.4. The van der Waals surface area contributed by atoms with Crippen molar-refractivity contribution in [3.8, 4) is 0 Å². The highest BCUT2D eigenvalue weighted by Gasteiger charge is 2.07. The molecule has 3 heteroatoms. The fourth-order valence-electron chi connectivity index (χ4n) is 0.331. The molecular weight excluding hydrogens is 140 g/mol. The molecule has 0 aromatic heterocycles. The van der Waals surface area contributed by atoms with Crippen molar-refractivity contribution in [1.29, 1.82) is 0 Å². The van der Waals surface area contributed by atoms with Crippen LogP contribution in [-0.4, -0.2) is 11.0 Å². The Morgan fingerprint density at radius 3 is 2.44 bits per heavy atom. The minimum Gasteiger partial charge on any atom is -0.289 e. The van der Waals surface area contributed by atoms with Crippen molar-refractivity contribution >= 4 is 22.6 Å². The van der Waals surface area contributed by atoms with Crippen LogP contribution in [0.4, 0.5) is 0 Å². The van der Waals surface area contributed by atoms with Crippen molar-refractivity contribution in [1.82, 2.24) is 0 Å². The normalized spacial score (nSPS) is 8.56. The SMILES string of the molecule is C=CCCC(=O)C(=O)Cl. The molecular formula is C6H7ClO2. The molecule has 0 aromatic carbocycles. The van der Waals surface area contributed by atoms with Crippen molar-refractivity contribution in [2.24, 2.45) is 0 Å². The molecule has 0 heterocycles. The third-order valence-electron chi connectivity index (χ3n) is 0.795. The molecule has 2 nitrogen and oxygen atoms in total. The number of ketones is 1. The van der Waals surface area contributed by atoms with Gasteiger partial charge in [-0.25, -0.2) is 0 Å². The number of allylic oxidation sites excluding steroid dienone is 1. The van der Waals surface area contributed by atoms with E-state index in [1.807, 2.05) is 0 Å². The number of Topliss-reactive ketones (excluding diaryl/α,β-unsaturated/α-hetero) is 1. The van der Waals surface area contributed by atoms with Crippen LogP contribution in [-0.2, 0) is 9.59 Å². The van der Waals surface area contributed by atoms with Crippen molar-refractivity contribution in [2.45, 2.75) is 12.8 Å². The molecule has 0 amide bonds. The number of hydrogen-bond donors (Lipinski definition) is 0. The lowest BCUT2D eigenvalue weighted by Gasteiger charge is -1.86. The van der Waals surface area contributed by atoms with Gasteiger partial charge in [-0.2, -0.15) is 0 Å². The lowest BCUT2D eigenvalue weighted by Crippen LogP contribution is -2.05. The predicted octanol–water partition coefficient (Wildman–Crippen LogP) is 1.29. The van der Waals surface area contributed by atoms with E-state index < -0.39 is 11.0 Å². The second-order valence-corrected chi connectivity index (χ2v) is 1.87. The van der Waals surface area contributed by atoms with Crippen LogP contribution in [0.25, 0.3) is 0 Å². The van der Waals surface area contributed by atoms with Crippen molar-refractivity contribution in [3.05, 3.63) is 12.7 Å². The Bertz CT molecular complexity index is 140. The number of hydrogen-bond acceptors (Lipinski definition) is 2. The third kappa shape index (κ3) is 3.91. The van der Waals surface area contributed by atoms with Gasteiger partial charge in [0.05, 0.1) is 0 Å². The van der Waals surface area contributed by atoms with E-state index in [-0.39, 0.29) is 6.42 Å². The van der Waals surface area contributed by atoms with E-state index in [4.69, 9.17) is 11.6 Å². The van der Waals surface area contributed by atoms with Crippen molar-refractivity contribution in [3.63, 3.8) is 0 Å². The molecule has 0 spiro atoms. The van der Waals surface area contributed by atoms with Gasteiger partial charge in [0.15, 0.2) is 0 Å². The molecule has 0 aromatic rings. The standard InChI is InChI=1S/C6H7ClO2/c1-2-3-4-5(8)6(7)9/h2H,1,3-4H2. The number of carbonyl (C=O) groups is 2. The largest absolute Gasteiger partial charge is 0.289 e. The van der Waals surface area contributed by atoms with Gasteiger partial charge in [-0.1, -0.05) is 6.08 Å². The number of carbonyl (C=O) groups excluding carboxylic acids is 2. The molecule has 0 radical (unpaired) electrons. The van der Waals surface area contributed by atoms with E-state index in [0.717, 1.165) is 0 Å². The topological polar surface area (TPSA) is 34.1 Å². The zero-order valence-corrected chi connectivity index (χ0v) is 5.65. The van der Waals surface area contributed by atoms with Crippen LogP contribution < -0.4 is 0 Å². The first-order valence-corrected chi connectivity index (χ1v) is 2.90. The fourth-order valence-corrected chi connectivity index (χ4v) is 0.426. The van der Waals surface area contributed by atoms with Crippen LogP contribution in [0, 0.1) is 0 Å². The van der Waals surface area contributed by atoms with Gasteiger partial charge in [-0.3, -0.25) is 9.59 Å².